The van der Waals surface area contributed by atoms with Crippen molar-refractivity contribution in [2.24, 2.45) is 0 Å². The molecule has 0 spiro atoms. The molecule has 0 unspecified atom stereocenters. The molecule has 0 atom stereocenters. The minimum absolute atomic E-state index is 0. The highest BCUT2D eigenvalue weighted by molar-refractivity contribution is 5.72. The van der Waals surface area contributed by atoms with E-state index in [-0.39, 0.29) is 29.1 Å². The predicted molar refractivity (Wildman–Crippen MR) is 142 cm³/mol. The minimum Gasteiger partial charge on any atom is -1.00 e. The van der Waals surface area contributed by atoms with Gasteiger partial charge in [0.05, 0.1) is 0 Å². The Kier molecular flexibility index (Phi) is 7.11. The molecule has 0 aliphatic carbocycles. The van der Waals surface area contributed by atoms with Gasteiger partial charge < -0.3 is 17.0 Å². The molecule has 1 aromatic heterocycles. The number of hydrogen-bond acceptors (Lipinski definition) is 0. The molecular weight excluding hydrogens is 504 g/mol. The number of imidazole rings is 1. The molecule has 0 fully saturated rings. The molecule has 5 aromatic carbocycles. The van der Waals surface area contributed by atoms with Crippen molar-refractivity contribution in [3.05, 3.63) is 174 Å². The van der Waals surface area contributed by atoms with E-state index in [0.29, 0.717) is 0 Å². The highest BCUT2D eigenvalue weighted by Crippen LogP contribution is 2.31. The molecule has 0 N–H and O–H groups in total. The maximum atomic E-state index is 2.43. The smallest absolute Gasteiger partial charge is 0.246 e. The van der Waals surface area contributed by atoms with Crippen molar-refractivity contribution in [3.8, 4) is 0 Å². The summed E-state index contributed by atoms with van der Waals surface area (Å²) in [6, 6.07) is 52.0. The first-order valence-electron chi connectivity index (χ1n) is 12.1. The van der Waals surface area contributed by atoms with E-state index in [9.17, 15) is 0 Å². The van der Waals surface area contributed by atoms with Crippen LogP contribution in [-0.4, -0.2) is 4.57 Å². The molecular formula is C33H27BrN2. The maximum Gasteiger partial charge on any atom is 0.246 e. The molecule has 0 saturated heterocycles. The molecule has 0 radical (unpaired) electrons. The first-order chi connectivity index (χ1) is 17.4. The third-order valence-corrected chi connectivity index (χ3v) is 6.70. The third kappa shape index (κ3) is 4.50. The van der Waals surface area contributed by atoms with Crippen LogP contribution >= 0.6 is 0 Å². The second-order valence-electron chi connectivity index (χ2n) is 8.87. The second-order valence-corrected chi connectivity index (χ2v) is 8.87. The van der Waals surface area contributed by atoms with Crippen LogP contribution in [-0.2, 0) is 0 Å². The zero-order chi connectivity index (χ0) is 23.5. The fourth-order valence-corrected chi connectivity index (χ4v) is 5.14. The number of fused-ring (bicyclic) bond motifs is 1. The van der Waals surface area contributed by atoms with Gasteiger partial charge in [0.2, 0.25) is 6.33 Å². The third-order valence-electron chi connectivity index (χ3n) is 6.70. The summed E-state index contributed by atoms with van der Waals surface area (Å²) < 4.78 is 4.86. The molecule has 0 amide bonds. The van der Waals surface area contributed by atoms with E-state index in [1.54, 1.807) is 0 Å². The summed E-state index contributed by atoms with van der Waals surface area (Å²) in [5.41, 5.74) is 7.49. The SMILES string of the molecule is [Br-].c1ccc(C(c2ccccc2)n2c[n+](C(c3ccccc3)c3ccccc3)c3ccccc32)cc1. The predicted octanol–water partition coefficient (Wildman–Crippen LogP) is 4.21. The number of rotatable bonds is 6. The van der Waals surface area contributed by atoms with Crippen molar-refractivity contribution in [1.82, 2.24) is 4.57 Å². The van der Waals surface area contributed by atoms with Gasteiger partial charge in [0, 0.05) is 22.3 Å². The Morgan fingerprint density at radius 2 is 0.833 bits per heavy atom. The lowest BCUT2D eigenvalue weighted by atomic mass is 9.98. The fourth-order valence-electron chi connectivity index (χ4n) is 5.14. The molecule has 1 heterocycles. The number of nitrogens with zero attached hydrogens (tertiary/aromatic N) is 2. The highest BCUT2D eigenvalue weighted by atomic mass is 79.9. The van der Waals surface area contributed by atoms with Crippen LogP contribution in [0.2, 0.25) is 0 Å². The molecule has 0 aliphatic heterocycles. The Balaban J connectivity index is 0.00000267. The van der Waals surface area contributed by atoms with Crippen LogP contribution in [0.25, 0.3) is 11.0 Å². The maximum absolute atomic E-state index is 2.43. The molecule has 176 valence electrons. The average molecular weight is 531 g/mol. The average Bonchev–Trinajstić information content (AvgIpc) is 3.30. The molecule has 36 heavy (non-hydrogen) atoms. The fraction of sp³-hybridized carbons (Fsp3) is 0.0606. The summed E-state index contributed by atoms with van der Waals surface area (Å²) in [7, 11) is 0. The van der Waals surface area contributed by atoms with E-state index in [2.05, 4.69) is 161 Å². The van der Waals surface area contributed by atoms with Crippen LogP contribution in [0, 0.1) is 0 Å². The van der Waals surface area contributed by atoms with Gasteiger partial charge in [-0.3, -0.25) is 0 Å². The second kappa shape index (κ2) is 10.8. The zero-order valence-corrected chi connectivity index (χ0v) is 21.4. The Hall–Kier alpha value is -3.95. The van der Waals surface area contributed by atoms with E-state index in [4.69, 9.17) is 0 Å². The van der Waals surface area contributed by atoms with Crippen molar-refractivity contribution >= 4 is 11.0 Å². The summed E-state index contributed by atoms with van der Waals surface area (Å²) in [6.45, 7) is 0. The van der Waals surface area contributed by atoms with Gasteiger partial charge in [-0.25, -0.2) is 9.13 Å². The van der Waals surface area contributed by atoms with E-state index < -0.39 is 0 Å². The van der Waals surface area contributed by atoms with Gasteiger partial charge >= 0.3 is 0 Å². The normalized spacial score (nSPS) is 11.1. The van der Waals surface area contributed by atoms with Gasteiger partial charge in [0.25, 0.3) is 0 Å². The Labute approximate surface area is 222 Å². The quantitative estimate of drug-likeness (QED) is 0.285. The van der Waals surface area contributed by atoms with Crippen LogP contribution < -0.4 is 21.5 Å². The Bertz CT molecular complexity index is 1330. The van der Waals surface area contributed by atoms with Crippen molar-refractivity contribution in [2.75, 3.05) is 0 Å². The lowest BCUT2D eigenvalue weighted by molar-refractivity contribution is -0.680. The van der Waals surface area contributed by atoms with Crippen LogP contribution in [0.5, 0.6) is 0 Å². The zero-order valence-electron chi connectivity index (χ0n) is 19.9. The van der Waals surface area contributed by atoms with Crippen molar-refractivity contribution in [1.29, 1.82) is 0 Å². The van der Waals surface area contributed by atoms with E-state index >= 15 is 0 Å². The van der Waals surface area contributed by atoms with E-state index in [1.807, 2.05) is 0 Å². The molecule has 0 bridgehead atoms. The van der Waals surface area contributed by atoms with E-state index in [0.717, 1.165) is 0 Å². The first-order valence-corrected chi connectivity index (χ1v) is 12.1. The largest absolute Gasteiger partial charge is 1.00 e. The van der Waals surface area contributed by atoms with Gasteiger partial charge in [0.1, 0.15) is 0 Å². The molecule has 3 heteroatoms. The lowest BCUT2D eigenvalue weighted by Crippen LogP contribution is -3.00. The summed E-state index contributed by atoms with van der Waals surface area (Å²) in [6.07, 6.45) is 2.31. The van der Waals surface area contributed by atoms with Gasteiger partial charge in [-0.1, -0.05) is 133 Å². The molecule has 0 saturated carbocycles. The van der Waals surface area contributed by atoms with Gasteiger partial charge in [-0.2, -0.15) is 0 Å². The van der Waals surface area contributed by atoms with Crippen LogP contribution in [0.1, 0.15) is 34.3 Å². The minimum atomic E-state index is 0. The number of halogens is 1. The van der Waals surface area contributed by atoms with Crippen LogP contribution in [0.15, 0.2) is 152 Å². The number of aromatic nitrogens is 2. The standard InChI is InChI=1S/C33H27N2.BrH/c1-5-15-26(16-6-1)32(27-17-7-2-8-18-27)34-25-35(31-24-14-13-23-30(31)34)33(28-19-9-3-10-20-28)29-21-11-4-12-22-29;/h1-25,32-33H;1H/q+1;/p-1. The first kappa shape index (κ1) is 23.8. The summed E-state index contributed by atoms with van der Waals surface area (Å²) in [4.78, 5) is 0. The molecule has 2 nitrogen and oxygen atoms in total. The summed E-state index contributed by atoms with van der Waals surface area (Å²) >= 11 is 0. The Morgan fingerprint density at radius 1 is 0.444 bits per heavy atom. The van der Waals surface area contributed by atoms with Crippen molar-refractivity contribution in [2.45, 2.75) is 12.1 Å². The molecule has 6 rings (SSSR count). The Morgan fingerprint density at radius 3 is 1.31 bits per heavy atom. The lowest BCUT2D eigenvalue weighted by Gasteiger charge is -2.17. The number of para-hydroxylation sites is 2. The summed E-state index contributed by atoms with van der Waals surface area (Å²) in [5, 5.41) is 0. The number of benzene rings is 5. The monoisotopic (exact) mass is 530 g/mol. The highest BCUT2D eigenvalue weighted by Gasteiger charge is 2.30. The number of hydrogen-bond donors (Lipinski definition) is 0. The van der Waals surface area contributed by atoms with Gasteiger partial charge in [-0.05, 0) is 12.1 Å². The van der Waals surface area contributed by atoms with Gasteiger partial charge in [0.15, 0.2) is 23.1 Å². The summed E-state index contributed by atoms with van der Waals surface area (Å²) in [5.74, 6) is 0. The molecule has 6 aromatic rings. The van der Waals surface area contributed by atoms with Crippen LogP contribution in [0.3, 0.4) is 0 Å². The van der Waals surface area contributed by atoms with Crippen molar-refractivity contribution < 1.29 is 21.5 Å². The van der Waals surface area contributed by atoms with Crippen LogP contribution in [0.4, 0.5) is 0 Å². The van der Waals surface area contributed by atoms with Crippen molar-refractivity contribution in [3.63, 3.8) is 0 Å². The van der Waals surface area contributed by atoms with Gasteiger partial charge in [-0.15, -0.1) is 0 Å². The topological polar surface area (TPSA) is 8.81 Å². The van der Waals surface area contributed by atoms with E-state index in [1.165, 1.54) is 33.3 Å². The molecule has 0 aliphatic rings.